The number of benzene rings is 2. The predicted molar refractivity (Wildman–Crippen MR) is 112 cm³/mol. The molecule has 0 saturated carbocycles. The molecule has 4 heteroatoms. The van der Waals surface area contributed by atoms with Crippen molar-refractivity contribution in [2.75, 3.05) is 0 Å². The van der Waals surface area contributed by atoms with Crippen LogP contribution in [0, 0.1) is 0 Å². The standard InChI is InChI=1S/C24H26N2O2/c1-2-5-19-16-25-24(26-17-19)22-14-12-21(13-15-22)20-10-8-18(9-11-20)6-3-4-7-23(27)28/h8-17H,2-7H2,1H3,(H,27,28). The Balaban J connectivity index is 1.62. The van der Waals surface area contributed by atoms with Crippen LogP contribution in [0.3, 0.4) is 0 Å². The number of unbranched alkanes of at least 4 members (excludes halogenated alkanes) is 1. The number of carbonyl (C=O) groups is 1. The molecule has 0 saturated heterocycles. The minimum atomic E-state index is -0.721. The second-order valence-electron chi connectivity index (χ2n) is 7.04. The Labute approximate surface area is 166 Å². The maximum absolute atomic E-state index is 10.6. The van der Waals surface area contributed by atoms with Crippen LogP contribution in [0.4, 0.5) is 0 Å². The fraction of sp³-hybridized carbons (Fsp3) is 0.292. The minimum Gasteiger partial charge on any atom is -0.481 e. The second-order valence-corrected chi connectivity index (χ2v) is 7.04. The van der Waals surface area contributed by atoms with Gasteiger partial charge >= 0.3 is 5.97 Å². The molecule has 0 aliphatic heterocycles. The smallest absolute Gasteiger partial charge is 0.303 e. The minimum absolute atomic E-state index is 0.246. The molecule has 0 amide bonds. The van der Waals surface area contributed by atoms with E-state index >= 15 is 0 Å². The number of aryl methyl sites for hydroxylation is 2. The van der Waals surface area contributed by atoms with Crippen LogP contribution in [-0.2, 0) is 17.6 Å². The highest BCUT2D eigenvalue weighted by atomic mass is 16.4. The van der Waals surface area contributed by atoms with Crippen LogP contribution in [0.2, 0.25) is 0 Å². The van der Waals surface area contributed by atoms with E-state index < -0.39 is 5.97 Å². The topological polar surface area (TPSA) is 63.1 Å². The van der Waals surface area contributed by atoms with E-state index in [1.54, 1.807) is 0 Å². The number of carboxylic acid groups (broad SMARTS) is 1. The quantitative estimate of drug-likeness (QED) is 0.498. The van der Waals surface area contributed by atoms with Crippen LogP contribution >= 0.6 is 0 Å². The van der Waals surface area contributed by atoms with Crippen molar-refractivity contribution in [3.63, 3.8) is 0 Å². The normalized spacial score (nSPS) is 10.8. The Hall–Kier alpha value is -3.01. The van der Waals surface area contributed by atoms with Gasteiger partial charge in [-0.1, -0.05) is 61.9 Å². The Bertz CT molecular complexity index is 885. The summed E-state index contributed by atoms with van der Waals surface area (Å²) in [6.45, 7) is 2.15. The Morgan fingerprint density at radius 2 is 1.36 bits per heavy atom. The van der Waals surface area contributed by atoms with E-state index in [9.17, 15) is 4.79 Å². The first-order valence-corrected chi connectivity index (χ1v) is 9.88. The number of aliphatic carboxylic acids is 1. The average Bonchev–Trinajstić information content (AvgIpc) is 2.73. The molecule has 4 nitrogen and oxygen atoms in total. The van der Waals surface area contributed by atoms with Crippen LogP contribution in [0.1, 0.15) is 43.7 Å². The van der Waals surface area contributed by atoms with Gasteiger partial charge in [0.05, 0.1) is 0 Å². The van der Waals surface area contributed by atoms with Crippen LogP contribution in [0.5, 0.6) is 0 Å². The van der Waals surface area contributed by atoms with Gasteiger partial charge in [-0.15, -0.1) is 0 Å². The molecule has 0 atom stereocenters. The lowest BCUT2D eigenvalue weighted by Gasteiger charge is -2.06. The fourth-order valence-electron chi connectivity index (χ4n) is 3.20. The molecule has 0 bridgehead atoms. The number of hydrogen-bond donors (Lipinski definition) is 1. The number of carboxylic acids is 1. The Kier molecular flexibility index (Phi) is 6.90. The molecule has 28 heavy (non-hydrogen) atoms. The van der Waals surface area contributed by atoms with E-state index in [-0.39, 0.29) is 6.42 Å². The summed E-state index contributed by atoms with van der Waals surface area (Å²) in [5.74, 6) is 0.0317. The van der Waals surface area contributed by atoms with Gasteiger partial charge in [-0.2, -0.15) is 0 Å². The first-order valence-electron chi connectivity index (χ1n) is 9.88. The first-order chi connectivity index (χ1) is 13.7. The van der Waals surface area contributed by atoms with Crippen molar-refractivity contribution < 1.29 is 9.90 Å². The molecule has 0 radical (unpaired) electrons. The first kappa shape index (κ1) is 19.7. The molecule has 1 heterocycles. The zero-order valence-electron chi connectivity index (χ0n) is 16.3. The van der Waals surface area contributed by atoms with E-state index in [0.717, 1.165) is 49.1 Å². The number of hydrogen-bond acceptors (Lipinski definition) is 3. The molecule has 3 rings (SSSR count). The Morgan fingerprint density at radius 1 is 0.786 bits per heavy atom. The van der Waals surface area contributed by atoms with Crippen LogP contribution in [-0.4, -0.2) is 21.0 Å². The molecule has 0 aliphatic rings. The maximum atomic E-state index is 10.6. The third-order valence-corrected chi connectivity index (χ3v) is 4.78. The summed E-state index contributed by atoms with van der Waals surface area (Å²) in [5.41, 5.74) is 5.75. The fourth-order valence-corrected chi connectivity index (χ4v) is 3.20. The molecule has 2 aromatic carbocycles. The lowest BCUT2D eigenvalue weighted by atomic mass is 10.0. The summed E-state index contributed by atoms with van der Waals surface area (Å²) >= 11 is 0. The summed E-state index contributed by atoms with van der Waals surface area (Å²) in [6, 6.07) is 16.8. The van der Waals surface area contributed by atoms with Crippen molar-refractivity contribution in [3.8, 4) is 22.5 Å². The molecular formula is C24H26N2O2. The lowest BCUT2D eigenvalue weighted by Crippen LogP contribution is -1.95. The van der Waals surface area contributed by atoms with Crippen molar-refractivity contribution in [2.24, 2.45) is 0 Å². The van der Waals surface area contributed by atoms with Gasteiger partial charge in [-0.3, -0.25) is 4.79 Å². The Morgan fingerprint density at radius 3 is 1.93 bits per heavy atom. The predicted octanol–water partition coefficient (Wildman–Crippen LogP) is 5.56. The van der Waals surface area contributed by atoms with Gasteiger partial charge in [0.1, 0.15) is 0 Å². The zero-order chi connectivity index (χ0) is 19.8. The van der Waals surface area contributed by atoms with E-state index in [4.69, 9.17) is 5.11 Å². The van der Waals surface area contributed by atoms with Gasteiger partial charge in [0, 0.05) is 24.4 Å². The molecule has 3 aromatic rings. The number of rotatable bonds is 9. The van der Waals surface area contributed by atoms with Crippen LogP contribution in [0.25, 0.3) is 22.5 Å². The molecule has 1 aromatic heterocycles. The van der Waals surface area contributed by atoms with Crippen LogP contribution < -0.4 is 0 Å². The summed E-state index contributed by atoms with van der Waals surface area (Å²) in [4.78, 5) is 19.5. The van der Waals surface area contributed by atoms with Crippen molar-refractivity contribution >= 4 is 5.97 Å². The van der Waals surface area contributed by atoms with Crippen molar-refractivity contribution in [3.05, 3.63) is 72.1 Å². The van der Waals surface area contributed by atoms with Gasteiger partial charge in [0.15, 0.2) is 5.82 Å². The molecule has 0 fully saturated rings. The molecular weight excluding hydrogens is 348 g/mol. The third-order valence-electron chi connectivity index (χ3n) is 4.78. The molecule has 1 N–H and O–H groups in total. The maximum Gasteiger partial charge on any atom is 0.303 e. The SMILES string of the molecule is CCCc1cnc(-c2ccc(-c3ccc(CCCCC(=O)O)cc3)cc2)nc1. The van der Waals surface area contributed by atoms with E-state index in [1.165, 1.54) is 16.7 Å². The van der Waals surface area contributed by atoms with E-state index in [1.807, 2.05) is 12.4 Å². The summed E-state index contributed by atoms with van der Waals surface area (Å²) < 4.78 is 0. The highest BCUT2D eigenvalue weighted by Crippen LogP contribution is 2.24. The molecule has 0 unspecified atom stereocenters. The monoisotopic (exact) mass is 374 g/mol. The van der Waals surface area contributed by atoms with Gasteiger partial charge < -0.3 is 5.11 Å². The highest BCUT2D eigenvalue weighted by Gasteiger charge is 2.04. The average molecular weight is 374 g/mol. The van der Waals surface area contributed by atoms with Gasteiger partial charge in [-0.05, 0) is 47.9 Å². The largest absolute Gasteiger partial charge is 0.481 e. The second kappa shape index (κ2) is 9.79. The van der Waals surface area contributed by atoms with Gasteiger partial charge in [0.25, 0.3) is 0 Å². The van der Waals surface area contributed by atoms with Crippen molar-refractivity contribution in [1.82, 2.24) is 9.97 Å². The number of aromatic nitrogens is 2. The third kappa shape index (κ3) is 5.49. The number of nitrogens with zero attached hydrogens (tertiary/aromatic N) is 2. The molecule has 144 valence electrons. The van der Waals surface area contributed by atoms with Crippen molar-refractivity contribution in [1.29, 1.82) is 0 Å². The highest BCUT2D eigenvalue weighted by molar-refractivity contribution is 5.68. The summed E-state index contributed by atoms with van der Waals surface area (Å²) in [5, 5.41) is 8.69. The zero-order valence-corrected chi connectivity index (χ0v) is 16.3. The molecule has 0 aliphatic carbocycles. The van der Waals surface area contributed by atoms with Gasteiger partial charge in [-0.25, -0.2) is 9.97 Å². The summed E-state index contributed by atoms with van der Waals surface area (Å²) in [6.07, 6.45) is 8.71. The van der Waals surface area contributed by atoms with Gasteiger partial charge in [0.2, 0.25) is 0 Å². The van der Waals surface area contributed by atoms with E-state index in [0.29, 0.717) is 0 Å². The van der Waals surface area contributed by atoms with Crippen molar-refractivity contribution in [2.45, 2.75) is 45.4 Å². The molecule has 0 spiro atoms. The van der Waals surface area contributed by atoms with Crippen LogP contribution in [0.15, 0.2) is 60.9 Å². The lowest BCUT2D eigenvalue weighted by molar-refractivity contribution is -0.137. The summed E-state index contributed by atoms with van der Waals surface area (Å²) in [7, 11) is 0. The van der Waals surface area contributed by atoms with E-state index in [2.05, 4.69) is 65.4 Å².